The molecule has 1 fully saturated rings. The zero-order chi connectivity index (χ0) is 14.7. The first kappa shape index (κ1) is 14.3. The second kappa shape index (κ2) is 5.90. The zero-order valence-corrected chi connectivity index (χ0v) is 11.8. The van der Waals surface area contributed by atoms with Gasteiger partial charge in [0.05, 0.1) is 5.92 Å². The Kier molecular flexibility index (Phi) is 4.23. The smallest absolute Gasteiger partial charge is 0.308 e. The minimum absolute atomic E-state index is 0.117. The highest BCUT2D eigenvalue weighted by Crippen LogP contribution is 2.17. The van der Waals surface area contributed by atoms with Gasteiger partial charge >= 0.3 is 5.97 Å². The summed E-state index contributed by atoms with van der Waals surface area (Å²) in [4.78, 5) is 24.5. The van der Waals surface area contributed by atoms with Crippen molar-refractivity contribution >= 4 is 18.0 Å². The van der Waals surface area contributed by atoms with Gasteiger partial charge in [-0.3, -0.25) is 9.59 Å². The summed E-state index contributed by atoms with van der Waals surface area (Å²) in [6, 6.07) is 6.06. The van der Waals surface area contributed by atoms with Gasteiger partial charge in [0.2, 0.25) is 5.91 Å². The molecule has 1 N–H and O–H groups in total. The first-order valence-corrected chi connectivity index (χ1v) is 6.74. The van der Waals surface area contributed by atoms with Gasteiger partial charge in [0.1, 0.15) is 0 Å². The molecular weight excluding hydrogens is 254 g/mol. The number of likely N-dealkylation sites (tertiary alicyclic amines) is 1. The van der Waals surface area contributed by atoms with Crippen LogP contribution in [0.5, 0.6) is 0 Å². The van der Waals surface area contributed by atoms with Gasteiger partial charge in [-0.15, -0.1) is 0 Å². The lowest BCUT2D eigenvalue weighted by Gasteiger charge is -2.13. The van der Waals surface area contributed by atoms with Crippen LogP contribution in [0.25, 0.3) is 6.08 Å². The van der Waals surface area contributed by atoms with Crippen LogP contribution in [0.2, 0.25) is 0 Å². The van der Waals surface area contributed by atoms with Crippen LogP contribution in [0.1, 0.15) is 23.1 Å². The highest BCUT2D eigenvalue weighted by molar-refractivity contribution is 5.92. The number of aryl methyl sites for hydroxylation is 2. The molecule has 106 valence electrons. The normalized spacial score (nSPS) is 18.7. The Labute approximate surface area is 118 Å². The summed E-state index contributed by atoms with van der Waals surface area (Å²) in [5.41, 5.74) is 3.33. The number of hydrogen-bond donors (Lipinski definition) is 1. The third-order valence-corrected chi connectivity index (χ3v) is 3.68. The third-order valence-electron chi connectivity index (χ3n) is 3.68. The largest absolute Gasteiger partial charge is 0.481 e. The molecule has 0 bridgehead atoms. The van der Waals surface area contributed by atoms with Crippen molar-refractivity contribution in [3.63, 3.8) is 0 Å². The van der Waals surface area contributed by atoms with Crippen molar-refractivity contribution in [2.75, 3.05) is 13.1 Å². The quantitative estimate of drug-likeness (QED) is 0.859. The van der Waals surface area contributed by atoms with Crippen molar-refractivity contribution in [3.05, 3.63) is 41.0 Å². The van der Waals surface area contributed by atoms with E-state index in [-0.39, 0.29) is 5.91 Å². The average Bonchev–Trinajstić information content (AvgIpc) is 2.87. The fraction of sp³-hybridized carbons (Fsp3) is 0.375. The lowest BCUT2D eigenvalue weighted by atomic mass is 10.1. The molecule has 0 saturated carbocycles. The highest BCUT2D eigenvalue weighted by Gasteiger charge is 2.29. The van der Waals surface area contributed by atoms with E-state index < -0.39 is 11.9 Å². The number of amides is 1. The SMILES string of the molecule is Cc1ccc(C=CC(=O)N2CCC(C(=O)O)C2)c(C)c1. The number of carboxylic acids is 1. The minimum atomic E-state index is -0.821. The lowest BCUT2D eigenvalue weighted by molar-refractivity contribution is -0.141. The van der Waals surface area contributed by atoms with Crippen molar-refractivity contribution in [2.45, 2.75) is 20.3 Å². The zero-order valence-electron chi connectivity index (χ0n) is 11.8. The second-order valence-corrected chi connectivity index (χ2v) is 5.30. The standard InChI is InChI=1S/C16H19NO3/c1-11-3-4-13(12(2)9-11)5-6-15(18)17-8-7-14(10-17)16(19)20/h3-6,9,14H,7-8,10H2,1-2H3,(H,19,20). The lowest BCUT2D eigenvalue weighted by Crippen LogP contribution is -2.28. The minimum Gasteiger partial charge on any atom is -0.481 e. The van der Waals surface area contributed by atoms with E-state index in [0.29, 0.717) is 19.5 Å². The number of hydrogen-bond acceptors (Lipinski definition) is 2. The van der Waals surface area contributed by atoms with Crippen molar-refractivity contribution < 1.29 is 14.7 Å². The summed E-state index contributed by atoms with van der Waals surface area (Å²) >= 11 is 0. The van der Waals surface area contributed by atoms with Crippen molar-refractivity contribution in [1.82, 2.24) is 4.90 Å². The predicted octanol–water partition coefficient (Wildman–Crippen LogP) is 2.25. The molecule has 1 aromatic carbocycles. The fourth-order valence-electron chi connectivity index (χ4n) is 2.44. The van der Waals surface area contributed by atoms with Crippen LogP contribution in [0.4, 0.5) is 0 Å². The van der Waals surface area contributed by atoms with Crippen LogP contribution in [-0.4, -0.2) is 35.0 Å². The van der Waals surface area contributed by atoms with Gasteiger partial charge < -0.3 is 10.0 Å². The van der Waals surface area contributed by atoms with Crippen LogP contribution >= 0.6 is 0 Å². The van der Waals surface area contributed by atoms with Crippen LogP contribution in [0.15, 0.2) is 24.3 Å². The van der Waals surface area contributed by atoms with E-state index in [0.717, 1.165) is 11.1 Å². The van der Waals surface area contributed by atoms with Gasteiger partial charge in [-0.05, 0) is 37.5 Å². The Bertz CT molecular complexity index is 563. The Morgan fingerprint density at radius 3 is 2.70 bits per heavy atom. The van der Waals surface area contributed by atoms with Gasteiger partial charge in [-0.25, -0.2) is 0 Å². The summed E-state index contributed by atoms with van der Waals surface area (Å²) in [6.07, 6.45) is 3.87. The Morgan fingerprint density at radius 1 is 1.35 bits per heavy atom. The number of benzene rings is 1. The Hall–Kier alpha value is -2.10. The van der Waals surface area contributed by atoms with Crippen LogP contribution in [0, 0.1) is 19.8 Å². The van der Waals surface area contributed by atoms with E-state index >= 15 is 0 Å². The van der Waals surface area contributed by atoms with Gasteiger partial charge in [0, 0.05) is 19.2 Å². The average molecular weight is 273 g/mol. The first-order valence-electron chi connectivity index (χ1n) is 6.74. The maximum Gasteiger partial charge on any atom is 0.308 e. The van der Waals surface area contributed by atoms with Crippen LogP contribution in [-0.2, 0) is 9.59 Å². The maximum atomic E-state index is 12.0. The Balaban J connectivity index is 2.01. The monoisotopic (exact) mass is 273 g/mol. The summed E-state index contributed by atoms with van der Waals surface area (Å²) in [5, 5.41) is 8.93. The molecule has 1 heterocycles. The van der Waals surface area contributed by atoms with Crippen molar-refractivity contribution in [1.29, 1.82) is 0 Å². The van der Waals surface area contributed by atoms with Crippen LogP contribution in [0.3, 0.4) is 0 Å². The first-order chi connectivity index (χ1) is 9.47. The maximum absolute atomic E-state index is 12.0. The van der Waals surface area contributed by atoms with E-state index in [1.165, 1.54) is 11.6 Å². The summed E-state index contributed by atoms with van der Waals surface area (Å²) in [7, 11) is 0. The van der Waals surface area contributed by atoms with Crippen LogP contribution < -0.4 is 0 Å². The molecule has 1 atom stereocenters. The van der Waals surface area contributed by atoms with Crippen molar-refractivity contribution in [3.8, 4) is 0 Å². The predicted molar refractivity (Wildman–Crippen MR) is 77.3 cm³/mol. The van der Waals surface area contributed by atoms with Crippen molar-refractivity contribution in [2.24, 2.45) is 5.92 Å². The van der Waals surface area contributed by atoms with E-state index in [4.69, 9.17) is 5.11 Å². The summed E-state index contributed by atoms with van der Waals surface area (Å²) in [6.45, 7) is 4.87. The second-order valence-electron chi connectivity index (χ2n) is 5.30. The number of rotatable bonds is 3. The molecule has 1 aliphatic heterocycles. The number of carbonyl (C=O) groups excluding carboxylic acids is 1. The molecule has 0 spiro atoms. The van der Waals surface area contributed by atoms with Gasteiger partial charge in [-0.1, -0.05) is 23.8 Å². The van der Waals surface area contributed by atoms with Gasteiger partial charge in [0.25, 0.3) is 0 Å². The Morgan fingerprint density at radius 2 is 2.10 bits per heavy atom. The van der Waals surface area contributed by atoms with E-state index in [1.54, 1.807) is 11.0 Å². The van der Waals surface area contributed by atoms with Gasteiger partial charge in [0.15, 0.2) is 0 Å². The molecular formula is C16H19NO3. The molecule has 20 heavy (non-hydrogen) atoms. The molecule has 0 aromatic heterocycles. The molecule has 4 heteroatoms. The molecule has 1 aromatic rings. The molecule has 1 unspecified atom stereocenters. The summed E-state index contributed by atoms with van der Waals surface area (Å²) in [5.74, 6) is -1.36. The van der Waals surface area contributed by atoms with E-state index in [9.17, 15) is 9.59 Å². The van der Waals surface area contributed by atoms with Gasteiger partial charge in [-0.2, -0.15) is 0 Å². The topological polar surface area (TPSA) is 57.6 Å². The molecule has 1 amide bonds. The molecule has 1 aliphatic rings. The number of carbonyl (C=O) groups is 2. The fourth-order valence-corrected chi connectivity index (χ4v) is 2.44. The third kappa shape index (κ3) is 3.26. The number of aliphatic carboxylic acids is 1. The number of carboxylic acid groups (broad SMARTS) is 1. The molecule has 1 saturated heterocycles. The highest BCUT2D eigenvalue weighted by atomic mass is 16.4. The number of nitrogens with zero attached hydrogens (tertiary/aromatic N) is 1. The summed E-state index contributed by atoms with van der Waals surface area (Å²) < 4.78 is 0. The molecule has 0 aliphatic carbocycles. The molecule has 4 nitrogen and oxygen atoms in total. The van der Waals surface area contributed by atoms with E-state index in [1.807, 2.05) is 26.0 Å². The molecule has 0 radical (unpaired) electrons. The molecule has 2 rings (SSSR count). The van der Waals surface area contributed by atoms with E-state index in [2.05, 4.69) is 6.07 Å².